The van der Waals surface area contributed by atoms with Gasteiger partial charge in [0.05, 0.1) is 12.5 Å². The number of hydrogen-bond acceptors (Lipinski definition) is 4. The van der Waals surface area contributed by atoms with Crippen molar-refractivity contribution in [2.45, 2.75) is 44.2 Å². The molecule has 2 atom stereocenters. The third-order valence-corrected chi connectivity index (χ3v) is 3.72. The largest absolute Gasteiger partial charge is 0.481 e. The zero-order valence-corrected chi connectivity index (χ0v) is 11.3. The number of carboxylic acid groups (broad SMARTS) is 1. The number of hydrogen-bond donors (Lipinski definition) is 2. The van der Waals surface area contributed by atoms with E-state index in [9.17, 15) is 14.4 Å². The number of carboxylic acids is 1. The molecule has 0 aromatic carbocycles. The average molecular weight is 284 g/mol. The molecule has 7 heteroatoms. The molecule has 20 heavy (non-hydrogen) atoms. The summed E-state index contributed by atoms with van der Waals surface area (Å²) in [4.78, 5) is 36.1. The lowest BCUT2D eigenvalue weighted by Crippen LogP contribution is -2.57. The van der Waals surface area contributed by atoms with Crippen molar-refractivity contribution in [3.8, 4) is 0 Å². The second-order valence-corrected chi connectivity index (χ2v) is 5.17. The molecule has 0 radical (unpaired) electrons. The Hall–Kier alpha value is -1.63. The number of carbonyl (C=O) groups excluding carboxylic acids is 2. The van der Waals surface area contributed by atoms with Gasteiger partial charge in [-0.3, -0.25) is 14.4 Å². The highest BCUT2D eigenvalue weighted by Gasteiger charge is 2.34. The fourth-order valence-electron chi connectivity index (χ4n) is 2.68. The topological polar surface area (TPSA) is 95.9 Å². The van der Waals surface area contributed by atoms with Gasteiger partial charge < -0.3 is 20.1 Å². The lowest BCUT2D eigenvalue weighted by atomic mass is 10.1. The molecule has 0 aromatic rings. The summed E-state index contributed by atoms with van der Waals surface area (Å²) in [7, 11) is 0. The van der Waals surface area contributed by atoms with E-state index in [0.29, 0.717) is 25.9 Å². The molecule has 2 saturated heterocycles. The molecule has 2 fully saturated rings. The Morgan fingerprint density at radius 3 is 2.90 bits per heavy atom. The summed E-state index contributed by atoms with van der Waals surface area (Å²) in [5, 5.41) is 11.4. The average Bonchev–Trinajstić information content (AvgIpc) is 2.91. The van der Waals surface area contributed by atoms with E-state index in [0.717, 1.165) is 19.4 Å². The van der Waals surface area contributed by atoms with Crippen LogP contribution < -0.4 is 5.32 Å². The highest BCUT2D eigenvalue weighted by molar-refractivity contribution is 5.91. The Kier molecular flexibility index (Phi) is 4.94. The Morgan fingerprint density at radius 2 is 2.25 bits per heavy atom. The molecule has 2 aliphatic rings. The number of piperazine rings is 1. The Balaban J connectivity index is 1.90. The normalized spacial score (nSPS) is 26.4. The second kappa shape index (κ2) is 6.69. The van der Waals surface area contributed by atoms with E-state index in [1.807, 2.05) is 0 Å². The van der Waals surface area contributed by atoms with Crippen molar-refractivity contribution in [3.05, 3.63) is 0 Å². The van der Waals surface area contributed by atoms with Gasteiger partial charge in [-0.1, -0.05) is 0 Å². The molecule has 0 saturated carbocycles. The van der Waals surface area contributed by atoms with E-state index in [-0.39, 0.29) is 24.3 Å². The highest BCUT2D eigenvalue weighted by Crippen LogP contribution is 2.19. The minimum absolute atomic E-state index is 0.121. The molecule has 2 unspecified atom stereocenters. The SMILES string of the molecule is O=C(O)CC1C(=O)NCCN1C(=O)CCC1CCCO1. The van der Waals surface area contributed by atoms with Crippen LogP contribution in [0.1, 0.15) is 32.1 Å². The smallest absolute Gasteiger partial charge is 0.305 e. The van der Waals surface area contributed by atoms with E-state index in [1.54, 1.807) is 0 Å². The minimum Gasteiger partial charge on any atom is -0.481 e. The summed E-state index contributed by atoms with van der Waals surface area (Å²) in [6.07, 6.45) is 2.69. The second-order valence-electron chi connectivity index (χ2n) is 5.17. The summed E-state index contributed by atoms with van der Waals surface area (Å²) in [5.41, 5.74) is 0. The molecular formula is C13H20N2O5. The van der Waals surface area contributed by atoms with Crippen molar-refractivity contribution in [2.75, 3.05) is 19.7 Å². The highest BCUT2D eigenvalue weighted by atomic mass is 16.5. The summed E-state index contributed by atoms with van der Waals surface area (Å²) in [6, 6.07) is -0.891. The zero-order chi connectivity index (χ0) is 14.5. The third kappa shape index (κ3) is 3.69. The molecule has 2 N–H and O–H groups in total. The predicted molar refractivity (Wildman–Crippen MR) is 69.0 cm³/mol. The van der Waals surface area contributed by atoms with Crippen LogP contribution in [-0.4, -0.2) is 59.6 Å². The first kappa shape index (κ1) is 14.8. The van der Waals surface area contributed by atoms with Crippen LogP contribution in [0.15, 0.2) is 0 Å². The van der Waals surface area contributed by atoms with Crippen molar-refractivity contribution in [1.29, 1.82) is 0 Å². The predicted octanol–water partition coefficient (Wildman–Crippen LogP) is -0.253. The van der Waals surface area contributed by atoms with Gasteiger partial charge in [-0.15, -0.1) is 0 Å². The van der Waals surface area contributed by atoms with Crippen molar-refractivity contribution < 1.29 is 24.2 Å². The molecule has 2 rings (SSSR count). The van der Waals surface area contributed by atoms with Crippen molar-refractivity contribution in [2.24, 2.45) is 0 Å². The molecular weight excluding hydrogens is 264 g/mol. The monoisotopic (exact) mass is 284 g/mol. The number of rotatable bonds is 5. The van der Waals surface area contributed by atoms with Gasteiger partial charge in [0.25, 0.3) is 0 Å². The van der Waals surface area contributed by atoms with Gasteiger partial charge >= 0.3 is 5.97 Å². The quantitative estimate of drug-likeness (QED) is 0.725. The first-order chi connectivity index (χ1) is 9.58. The van der Waals surface area contributed by atoms with Crippen LogP contribution in [0, 0.1) is 0 Å². The van der Waals surface area contributed by atoms with E-state index in [1.165, 1.54) is 4.90 Å². The van der Waals surface area contributed by atoms with Gasteiger partial charge in [0.1, 0.15) is 6.04 Å². The van der Waals surface area contributed by atoms with Crippen molar-refractivity contribution >= 4 is 17.8 Å². The van der Waals surface area contributed by atoms with Crippen LogP contribution >= 0.6 is 0 Å². The molecule has 2 amide bonds. The van der Waals surface area contributed by atoms with Gasteiger partial charge in [0, 0.05) is 26.1 Å². The first-order valence-corrected chi connectivity index (χ1v) is 6.98. The van der Waals surface area contributed by atoms with E-state index < -0.39 is 12.0 Å². The van der Waals surface area contributed by atoms with Crippen LogP contribution in [0.3, 0.4) is 0 Å². The fraction of sp³-hybridized carbons (Fsp3) is 0.769. The van der Waals surface area contributed by atoms with Gasteiger partial charge in [-0.25, -0.2) is 0 Å². The maximum Gasteiger partial charge on any atom is 0.305 e. The number of amides is 2. The molecule has 0 spiro atoms. The first-order valence-electron chi connectivity index (χ1n) is 6.98. The van der Waals surface area contributed by atoms with Crippen molar-refractivity contribution in [1.82, 2.24) is 10.2 Å². The van der Waals surface area contributed by atoms with Gasteiger partial charge in [-0.05, 0) is 19.3 Å². The molecule has 2 aliphatic heterocycles. The molecule has 0 aliphatic carbocycles. The summed E-state index contributed by atoms with van der Waals surface area (Å²) in [6.45, 7) is 1.49. The molecule has 112 valence electrons. The maximum atomic E-state index is 12.2. The lowest BCUT2D eigenvalue weighted by Gasteiger charge is -2.34. The summed E-state index contributed by atoms with van der Waals surface area (Å²) in [5.74, 6) is -1.63. The molecule has 0 bridgehead atoms. The van der Waals surface area contributed by atoms with E-state index in [2.05, 4.69) is 5.32 Å². The van der Waals surface area contributed by atoms with Gasteiger partial charge in [-0.2, -0.15) is 0 Å². The fourth-order valence-corrected chi connectivity index (χ4v) is 2.68. The van der Waals surface area contributed by atoms with Crippen LogP contribution in [0.25, 0.3) is 0 Å². The molecule has 2 heterocycles. The van der Waals surface area contributed by atoms with Gasteiger partial charge in [0.15, 0.2) is 0 Å². The maximum absolute atomic E-state index is 12.2. The molecule has 7 nitrogen and oxygen atoms in total. The number of ether oxygens (including phenoxy) is 1. The van der Waals surface area contributed by atoms with E-state index in [4.69, 9.17) is 9.84 Å². The summed E-state index contributed by atoms with van der Waals surface area (Å²) < 4.78 is 5.46. The number of aliphatic carboxylic acids is 1. The number of carbonyl (C=O) groups is 3. The van der Waals surface area contributed by atoms with Crippen LogP contribution in [0.2, 0.25) is 0 Å². The van der Waals surface area contributed by atoms with Crippen LogP contribution in [0.5, 0.6) is 0 Å². The Bertz CT molecular complexity index is 392. The molecule has 0 aromatic heterocycles. The summed E-state index contributed by atoms with van der Waals surface area (Å²) >= 11 is 0. The number of nitrogens with one attached hydrogen (secondary N) is 1. The lowest BCUT2D eigenvalue weighted by molar-refractivity contribution is -0.149. The Labute approximate surface area is 117 Å². The number of nitrogens with zero attached hydrogens (tertiary/aromatic N) is 1. The third-order valence-electron chi connectivity index (χ3n) is 3.72. The minimum atomic E-state index is -1.08. The Morgan fingerprint density at radius 1 is 1.45 bits per heavy atom. The van der Waals surface area contributed by atoms with Crippen molar-refractivity contribution in [3.63, 3.8) is 0 Å². The zero-order valence-electron chi connectivity index (χ0n) is 11.3. The van der Waals surface area contributed by atoms with Gasteiger partial charge in [0.2, 0.25) is 11.8 Å². The van der Waals surface area contributed by atoms with Crippen LogP contribution in [0.4, 0.5) is 0 Å². The standard InChI is InChI=1S/C13H20N2O5/c16-11(4-3-9-2-1-7-20-9)15-6-5-14-13(19)10(15)8-12(17)18/h9-10H,1-8H2,(H,14,19)(H,17,18). The van der Waals surface area contributed by atoms with Crippen LogP contribution in [-0.2, 0) is 19.1 Å². The van der Waals surface area contributed by atoms with E-state index >= 15 is 0 Å².